The average Bonchev–Trinajstić information content (AvgIpc) is 2.44. The first kappa shape index (κ1) is 16.2. The zero-order valence-corrected chi connectivity index (χ0v) is 12.9. The quantitative estimate of drug-likeness (QED) is 0.578. The van der Waals surface area contributed by atoms with Crippen molar-refractivity contribution in [3.8, 4) is 0 Å². The van der Waals surface area contributed by atoms with Crippen LogP contribution in [-0.4, -0.2) is 45.4 Å². The number of hydrogen-bond acceptors (Lipinski definition) is 4. The molecule has 0 radical (unpaired) electrons. The standard InChI is InChI=1S/C16H30O4/c1-14-12-15(13-14)18-10-4-7-17-8-5-11-20-16-6-2-3-9-19-16/h14-16H,2-13H2,1H3/t14-,15-,16?. The van der Waals surface area contributed by atoms with Crippen molar-refractivity contribution in [2.75, 3.05) is 33.0 Å². The fraction of sp³-hybridized carbons (Fsp3) is 1.00. The SMILES string of the molecule is C[C@H]1C[C@H](OCCCOCCCOC2CCCCO2)C1. The maximum atomic E-state index is 5.73. The van der Waals surface area contributed by atoms with Gasteiger partial charge in [0.15, 0.2) is 6.29 Å². The van der Waals surface area contributed by atoms with Gasteiger partial charge in [0, 0.05) is 26.4 Å². The lowest BCUT2D eigenvalue weighted by Gasteiger charge is -2.32. The first-order valence-corrected chi connectivity index (χ1v) is 8.27. The van der Waals surface area contributed by atoms with Gasteiger partial charge in [0.05, 0.1) is 12.7 Å². The molecule has 20 heavy (non-hydrogen) atoms. The third kappa shape index (κ3) is 6.53. The predicted molar refractivity (Wildman–Crippen MR) is 77.7 cm³/mol. The van der Waals surface area contributed by atoms with E-state index in [1.807, 2.05) is 0 Å². The van der Waals surface area contributed by atoms with Crippen LogP contribution in [0.3, 0.4) is 0 Å². The van der Waals surface area contributed by atoms with Crippen molar-refractivity contribution in [2.45, 2.75) is 64.3 Å². The normalized spacial score (nSPS) is 30.1. The molecule has 1 aliphatic heterocycles. The highest BCUT2D eigenvalue weighted by atomic mass is 16.7. The lowest BCUT2D eigenvalue weighted by molar-refractivity contribution is -0.164. The molecule has 0 aromatic carbocycles. The van der Waals surface area contributed by atoms with Gasteiger partial charge in [0.2, 0.25) is 0 Å². The Balaban J connectivity index is 1.28. The lowest BCUT2D eigenvalue weighted by Crippen LogP contribution is -2.29. The summed E-state index contributed by atoms with van der Waals surface area (Å²) in [5.74, 6) is 0.865. The lowest BCUT2D eigenvalue weighted by atomic mass is 9.84. The second-order valence-corrected chi connectivity index (χ2v) is 6.06. The van der Waals surface area contributed by atoms with Crippen LogP contribution >= 0.6 is 0 Å². The molecule has 1 aliphatic carbocycles. The summed E-state index contributed by atoms with van der Waals surface area (Å²) < 4.78 is 22.5. The highest BCUT2D eigenvalue weighted by molar-refractivity contribution is 4.76. The van der Waals surface area contributed by atoms with Gasteiger partial charge < -0.3 is 18.9 Å². The van der Waals surface area contributed by atoms with Gasteiger partial charge in [-0.3, -0.25) is 0 Å². The molecule has 2 fully saturated rings. The Labute approximate surface area is 123 Å². The molecule has 1 heterocycles. The van der Waals surface area contributed by atoms with Gasteiger partial charge in [0.25, 0.3) is 0 Å². The summed E-state index contributed by atoms with van der Waals surface area (Å²) in [4.78, 5) is 0. The molecular weight excluding hydrogens is 256 g/mol. The molecule has 1 atom stereocenters. The Morgan fingerprint density at radius 1 is 0.950 bits per heavy atom. The number of hydrogen-bond donors (Lipinski definition) is 0. The molecule has 0 aromatic heterocycles. The Hall–Kier alpha value is -0.160. The highest BCUT2D eigenvalue weighted by Crippen LogP contribution is 2.29. The van der Waals surface area contributed by atoms with Gasteiger partial charge in [0.1, 0.15) is 0 Å². The average molecular weight is 286 g/mol. The highest BCUT2D eigenvalue weighted by Gasteiger charge is 2.25. The molecule has 1 saturated carbocycles. The van der Waals surface area contributed by atoms with Crippen LogP contribution in [0.5, 0.6) is 0 Å². The second-order valence-electron chi connectivity index (χ2n) is 6.06. The van der Waals surface area contributed by atoms with Crippen LogP contribution in [0.1, 0.15) is 51.9 Å². The Kier molecular flexibility index (Phi) is 7.88. The largest absolute Gasteiger partial charge is 0.381 e. The first-order chi connectivity index (χ1) is 9.84. The summed E-state index contributed by atoms with van der Waals surface area (Å²) in [7, 11) is 0. The van der Waals surface area contributed by atoms with Crippen LogP contribution in [0, 0.1) is 5.92 Å². The molecular formula is C16H30O4. The summed E-state index contributed by atoms with van der Waals surface area (Å²) in [6, 6.07) is 0. The van der Waals surface area contributed by atoms with Crippen LogP contribution in [0.15, 0.2) is 0 Å². The zero-order chi connectivity index (χ0) is 14.0. The third-order valence-corrected chi connectivity index (χ3v) is 3.99. The van der Waals surface area contributed by atoms with Crippen molar-refractivity contribution < 1.29 is 18.9 Å². The van der Waals surface area contributed by atoms with Gasteiger partial charge in [-0.05, 0) is 50.9 Å². The summed E-state index contributed by atoms with van der Waals surface area (Å²) >= 11 is 0. The van der Waals surface area contributed by atoms with E-state index in [0.29, 0.717) is 6.10 Å². The van der Waals surface area contributed by atoms with Gasteiger partial charge in [-0.2, -0.15) is 0 Å². The van der Waals surface area contributed by atoms with Gasteiger partial charge in [-0.15, -0.1) is 0 Å². The van der Waals surface area contributed by atoms with Gasteiger partial charge in [-0.25, -0.2) is 0 Å². The predicted octanol–water partition coefficient (Wildman–Crippen LogP) is 3.14. The van der Waals surface area contributed by atoms with Crippen molar-refractivity contribution in [3.63, 3.8) is 0 Å². The molecule has 0 N–H and O–H groups in total. The zero-order valence-electron chi connectivity index (χ0n) is 12.9. The van der Waals surface area contributed by atoms with Crippen LogP contribution in [-0.2, 0) is 18.9 Å². The maximum Gasteiger partial charge on any atom is 0.157 e. The van der Waals surface area contributed by atoms with E-state index in [0.717, 1.165) is 58.2 Å². The Morgan fingerprint density at radius 3 is 2.35 bits per heavy atom. The van der Waals surface area contributed by atoms with Gasteiger partial charge >= 0.3 is 0 Å². The number of ether oxygens (including phenoxy) is 4. The molecule has 0 amide bonds. The molecule has 4 heteroatoms. The molecule has 2 rings (SSSR count). The maximum absolute atomic E-state index is 5.73. The van der Waals surface area contributed by atoms with Crippen molar-refractivity contribution in [3.05, 3.63) is 0 Å². The first-order valence-electron chi connectivity index (χ1n) is 8.27. The van der Waals surface area contributed by atoms with Crippen LogP contribution in [0.2, 0.25) is 0 Å². The molecule has 1 saturated heterocycles. The fourth-order valence-electron chi connectivity index (χ4n) is 2.70. The third-order valence-electron chi connectivity index (χ3n) is 3.99. The minimum absolute atomic E-state index is 0.0296. The monoisotopic (exact) mass is 286 g/mol. The molecule has 4 nitrogen and oxygen atoms in total. The molecule has 0 aromatic rings. The Bertz CT molecular complexity index is 235. The second kappa shape index (κ2) is 9.72. The van der Waals surface area contributed by atoms with Crippen molar-refractivity contribution >= 4 is 0 Å². The Morgan fingerprint density at radius 2 is 1.70 bits per heavy atom. The fourth-order valence-corrected chi connectivity index (χ4v) is 2.70. The molecule has 0 bridgehead atoms. The summed E-state index contributed by atoms with van der Waals surface area (Å²) in [6.45, 7) is 6.27. The van der Waals surface area contributed by atoms with E-state index in [1.165, 1.54) is 25.7 Å². The minimum Gasteiger partial charge on any atom is -0.381 e. The summed E-state index contributed by atoms with van der Waals surface area (Å²) in [5.41, 5.74) is 0. The van der Waals surface area contributed by atoms with Crippen LogP contribution in [0.4, 0.5) is 0 Å². The number of rotatable bonds is 10. The van der Waals surface area contributed by atoms with E-state index in [9.17, 15) is 0 Å². The summed E-state index contributed by atoms with van der Waals surface area (Å²) in [5, 5.41) is 0. The minimum atomic E-state index is 0.0296. The molecule has 1 unspecified atom stereocenters. The summed E-state index contributed by atoms with van der Waals surface area (Å²) in [6.07, 6.45) is 8.40. The topological polar surface area (TPSA) is 36.9 Å². The van der Waals surface area contributed by atoms with E-state index in [2.05, 4.69) is 6.92 Å². The van der Waals surface area contributed by atoms with Crippen molar-refractivity contribution in [2.24, 2.45) is 5.92 Å². The van der Waals surface area contributed by atoms with Crippen LogP contribution < -0.4 is 0 Å². The molecule has 0 spiro atoms. The van der Waals surface area contributed by atoms with Crippen LogP contribution in [0.25, 0.3) is 0 Å². The molecule has 2 aliphatic rings. The van der Waals surface area contributed by atoms with Crippen molar-refractivity contribution in [1.29, 1.82) is 0 Å². The van der Waals surface area contributed by atoms with E-state index < -0.39 is 0 Å². The van der Waals surface area contributed by atoms with E-state index in [-0.39, 0.29) is 6.29 Å². The van der Waals surface area contributed by atoms with Crippen molar-refractivity contribution in [1.82, 2.24) is 0 Å². The van der Waals surface area contributed by atoms with E-state index in [4.69, 9.17) is 18.9 Å². The molecule has 118 valence electrons. The smallest absolute Gasteiger partial charge is 0.157 e. The van der Waals surface area contributed by atoms with E-state index >= 15 is 0 Å². The van der Waals surface area contributed by atoms with Gasteiger partial charge in [-0.1, -0.05) is 6.92 Å². The van der Waals surface area contributed by atoms with E-state index in [1.54, 1.807) is 0 Å².